The van der Waals surface area contributed by atoms with Crippen LogP contribution in [0.2, 0.25) is 0 Å². The zero-order chi connectivity index (χ0) is 14.5. The van der Waals surface area contributed by atoms with E-state index in [1.165, 1.54) is 24.9 Å². The van der Waals surface area contributed by atoms with Gasteiger partial charge >= 0.3 is 0 Å². The molecule has 3 rings (SSSR count). The van der Waals surface area contributed by atoms with E-state index in [9.17, 15) is 0 Å². The van der Waals surface area contributed by atoms with Crippen LogP contribution in [0.3, 0.4) is 0 Å². The molecule has 1 aromatic rings. The van der Waals surface area contributed by atoms with Crippen molar-refractivity contribution in [1.82, 2.24) is 10.6 Å². The fourth-order valence-corrected chi connectivity index (χ4v) is 2.94. The molecule has 1 saturated heterocycles. The number of para-hydroxylation sites is 1. The first-order valence-corrected chi connectivity index (χ1v) is 8.12. The molecule has 1 aliphatic heterocycles. The van der Waals surface area contributed by atoms with E-state index in [0.29, 0.717) is 6.04 Å². The highest BCUT2D eigenvalue weighted by molar-refractivity contribution is 14.0. The summed E-state index contributed by atoms with van der Waals surface area (Å²) in [7, 11) is 1.86. The Balaban J connectivity index is 0.00000176. The SMILES string of the molecule is CN=C(NCCC1CC1)NC1CCN(c2ccccc2)C1.I. The van der Waals surface area contributed by atoms with Gasteiger partial charge in [0, 0.05) is 38.4 Å². The summed E-state index contributed by atoms with van der Waals surface area (Å²) < 4.78 is 0. The van der Waals surface area contributed by atoms with Crippen LogP contribution >= 0.6 is 24.0 Å². The molecule has 2 N–H and O–H groups in total. The second-order valence-electron chi connectivity index (χ2n) is 6.14. The van der Waals surface area contributed by atoms with Gasteiger partial charge in [0.25, 0.3) is 0 Å². The first kappa shape index (κ1) is 17.4. The summed E-state index contributed by atoms with van der Waals surface area (Å²) in [5.74, 6) is 1.92. The van der Waals surface area contributed by atoms with Crippen molar-refractivity contribution in [1.29, 1.82) is 0 Å². The topological polar surface area (TPSA) is 39.7 Å². The number of halogens is 1. The molecule has 122 valence electrons. The predicted octanol–water partition coefficient (Wildman–Crippen LogP) is 2.85. The molecular weight excluding hydrogens is 387 g/mol. The third kappa shape index (κ3) is 5.04. The van der Waals surface area contributed by atoms with Crippen molar-refractivity contribution in [2.75, 3.05) is 31.6 Å². The van der Waals surface area contributed by atoms with E-state index in [4.69, 9.17) is 0 Å². The van der Waals surface area contributed by atoms with Crippen molar-refractivity contribution in [2.45, 2.75) is 31.7 Å². The quantitative estimate of drug-likeness (QED) is 0.442. The van der Waals surface area contributed by atoms with Crippen molar-refractivity contribution >= 4 is 35.6 Å². The number of hydrogen-bond acceptors (Lipinski definition) is 2. The maximum atomic E-state index is 4.34. The Morgan fingerprint density at radius 1 is 1.23 bits per heavy atom. The van der Waals surface area contributed by atoms with Gasteiger partial charge in [0.2, 0.25) is 0 Å². The number of guanidine groups is 1. The van der Waals surface area contributed by atoms with Gasteiger partial charge < -0.3 is 15.5 Å². The summed E-state index contributed by atoms with van der Waals surface area (Å²) in [6.45, 7) is 3.20. The van der Waals surface area contributed by atoms with E-state index in [2.05, 4.69) is 50.9 Å². The summed E-state index contributed by atoms with van der Waals surface area (Å²) in [5.41, 5.74) is 1.32. The highest BCUT2D eigenvalue weighted by Gasteiger charge is 2.24. The summed E-state index contributed by atoms with van der Waals surface area (Å²) in [6.07, 6.45) is 5.28. The molecule has 5 heteroatoms. The van der Waals surface area contributed by atoms with Gasteiger partial charge in [-0.05, 0) is 30.9 Å². The number of rotatable bonds is 5. The number of nitrogens with one attached hydrogen (secondary N) is 2. The van der Waals surface area contributed by atoms with Crippen LogP contribution in [0, 0.1) is 5.92 Å². The zero-order valence-electron chi connectivity index (χ0n) is 13.3. The molecule has 2 aliphatic rings. The molecule has 1 atom stereocenters. The monoisotopic (exact) mass is 414 g/mol. The fraction of sp³-hybridized carbons (Fsp3) is 0.588. The Hall–Kier alpha value is -0.980. The number of benzene rings is 1. The van der Waals surface area contributed by atoms with Crippen LogP contribution < -0.4 is 15.5 Å². The predicted molar refractivity (Wildman–Crippen MR) is 104 cm³/mol. The van der Waals surface area contributed by atoms with Gasteiger partial charge in [0.05, 0.1) is 0 Å². The van der Waals surface area contributed by atoms with Gasteiger partial charge in [-0.15, -0.1) is 24.0 Å². The Bertz CT molecular complexity index is 473. The van der Waals surface area contributed by atoms with Crippen LogP contribution in [0.15, 0.2) is 35.3 Å². The maximum absolute atomic E-state index is 4.34. The van der Waals surface area contributed by atoms with E-state index < -0.39 is 0 Å². The molecule has 1 heterocycles. The Morgan fingerprint density at radius 2 is 2.00 bits per heavy atom. The van der Waals surface area contributed by atoms with Crippen LogP contribution in [-0.2, 0) is 0 Å². The molecule has 1 aromatic carbocycles. The third-order valence-electron chi connectivity index (χ3n) is 4.42. The molecule has 1 saturated carbocycles. The fourth-order valence-electron chi connectivity index (χ4n) is 2.94. The second kappa shape index (κ2) is 8.60. The number of aliphatic imine (C=N–C) groups is 1. The van der Waals surface area contributed by atoms with E-state index >= 15 is 0 Å². The van der Waals surface area contributed by atoms with Crippen molar-refractivity contribution in [3.8, 4) is 0 Å². The van der Waals surface area contributed by atoms with E-state index in [0.717, 1.165) is 37.9 Å². The van der Waals surface area contributed by atoms with Crippen LogP contribution in [-0.4, -0.2) is 38.7 Å². The molecule has 0 bridgehead atoms. The Morgan fingerprint density at radius 3 is 2.68 bits per heavy atom. The summed E-state index contributed by atoms with van der Waals surface area (Å²) in [4.78, 5) is 6.78. The van der Waals surface area contributed by atoms with Crippen LogP contribution in [0.4, 0.5) is 5.69 Å². The zero-order valence-corrected chi connectivity index (χ0v) is 15.6. The number of anilines is 1. The first-order valence-electron chi connectivity index (χ1n) is 8.12. The minimum atomic E-state index is 0. The second-order valence-corrected chi connectivity index (χ2v) is 6.14. The van der Waals surface area contributed by atoms with Gasteiger partial charge in [-0.25, -0.2) is 0 Å². The highest BCUT2D eigenvalue weighted by atomic mass is 127. The lowest BCUT2D eigenvalue weighted by Crippen LogP contribution is -2.44. The normalized spacial score (nSPS) is 21.4. The lowest BCUT2D eigenvalue weighted by molar-refractivity contribution is 0.632. The molecule has 1 unspecified atom stereocenters. The first-order chi connectivity index (χ1) is 10.3. The molecular formula is C17H27IN4. The minimum Gasteiger partial charge on any atom is -0.369 e. The Labute approximate surface area is 150 Å². The molecule has 0 radical (unpaired) electrons. The van der Waals surface area contributed by atoms with Crippen molar-refractivity contribution in [3.63, 3.8) is 0 Å². The molecule has 4 nitrogen and oxygen atoms in total. The maximum Gasteiger partial charge on any atom is 0.191 e. The molecule has 0 aromatic heterocycles. The van der Waals surface area contributed by atoms with Crippen LogP contribution in [0.1, 0.15) is 25.7 Å². The van der Waals surface area contributed by atoms with Crippen molar-refractivity contribution < 1.29 is 0 Å². The minimum absolute atomic E-state index is 0. The van der Waals surface area contributed by atoms with Gasteiger partial charge in [0.1, 0.15) is 0 Å². The largest absolute Gasteiger partial charge is 0.369 e. The van der Waals surface area contributed by atoms with Gasteiger partial charge in [0.15, 0.2) is 5.96 Å². The van der Waals surface area contributed by atoms with E-state index in [1.807, 2.05) is 7.05 Å². The third-order valence-corrected chi connectivity index (χ3v) is 4.42. The van der Waals surface area contributed by atoms with Crippen molar-refractivity contribution in [2.24, 2.45) is 10.9 Å². The standard InChI is InChI=1S/C17H26N4.HI/c1-18-17(19-11-9-14-7-8-14)20-15-10-12-21(13-15)16-5-3-2-4-6-16;/h2-6,14-15H,7-13H2,1H3,(H2,18,19,20);1H. The van der Waals surface area contributed by atoms with Gasteiger partial charge in [-0.2, -0.15) is 0 Å². The summed E-state index contributed by atoms with van der Waals surface area (Å²) in [6, 6.07) is 11.1. The molecule has 2 fully saturated rings. The van der Waals surface area contributed by atoms with Crippen LogP contribution in [0.5, 0.6) is 0 Å². The molecule has 0 spiro atoms. The lowest BCUT2D eigenvalue weighted by atomic mass is 10.2. The molecule has 1 aliphatic carbocycles. The van der Waals surface area contributed by atoms with Crippen LogP contribution in [0.25, 0.3) is 0 Å². The average Bonchev–Trinajstić information content (AvgIpc) is 3.23. The molecule has 22 heavy (non-hydrogen) atoms. The lowest BCUT2D eigenvalue weighted by Gasteiger charge is -2.20. The Kier molecular flexibility index (Phi) is 6.79. The number of nitrogens with zero attached hydrogens (tertiary/aromatic N) is 2. The smallest absolute Gasteiger partial charge is 0.191 e. The van der Waals surface area contributed by atoms with E-state index in [1.54, 1.807) is 0 Å². The average molecular weight is 414 g/mol. The van der Waals surface area contributed by atoms with Gasteiger partial charge in [-0.3, -0.25) is 4.99 Å². The van der Waals surface area contributed by atoms with Gasteiger partial charge in [-0.1, -0.05) is 31.0 Å². The number of hydrogen-bond donors (Lipinski definition) is 2. The molecule has 0 amide bonds. The van der Waals surface area contributed by atoms with E-state index in [-0.39, 0.29) is 24.0 Å². The summed E-state index contributed by atoms with van der Waals surface area (Å²) in [5, 5.41) is 7.00. The highest BCUT2D eigenvalue weighted by Crippen LogP contribution is 2.31. The summed E-state index contributed by atoms with van der Waals surface area (Å²) >= 11 is 0. The van der Waals surface area contributed by atoms with Crippen molar-refractivity contribution in [3.05, 3.63) is 30.3 Å².